The molecule has 3 N–H and O–H groups in total. The minimum absolute atomic E-state index is 0.255. The summed E-state index contributed by atoms with van der Waals surface area (Å²) in [5.74, 6) is 0.532. The molecule has 1 unspecified atom stereocenters. The summed E-state index contributed by atoms with van der Waals surface area (Å²) in [6, 6.07) is 3.86. The number of rotatable bonds is 2. The van der Waals surface area contributed by atoms with Crippen LogP contribution in [0.4, 0.5) is 10.8 Å². The highest BCUT2D eigenvalue weighted by molar-refractivity contribution is 7.11. The first kappa shape index (κ1) is 11.4. The van der Waals surface area contributed by atoms with Gasteiger partial charge in [0.25, 0.3) is 0 Å². The van der Waals surface area contributed by atoms with Gasteiger partial charge in [-0.05, 0) is 24.0 Å². The van der Waals surface area contributed by atoms with Gasteiger partial charge in [-0.15, -0.1) is 0 Å². The zero-order valence-corrected chi connectivity index (χ0v) is 10.6. The Kier molecular flexibility index (Phi) is 2.89. The molecule has 1 atom stereocenters. The molecule has 0 radical (unpaired) electrons. The van der Waals surface area contributed by atoms with Crippen LogP contribution in [0.5, 0.6) is 0 Å². The summed E-state index contributed by atoms with van der Waals surface area (Å²) in [5.41, 5.74) is 7.86. The molecule has 2 aromatic heterocycles. The Bertz CT molecular complexity index is 542. The molecule has 5 nitrogen and oxygen atoms in total. The van der Waals surface area contributed by atoms with Gasteiger partial charge in [0.05, 0.1) is 11.7 Å². The van der Waals surface area contributed by atoms with Crippen molar-refractivity contribution in [1.82, 2.24) is 9.36 Å². The molecule has 0 spiro atoms. The van der Waals surface area contributed by atoms with Crippen LogP contribution >= 0.6 is 11.5 Å². The summed E-state index contributed by atoms with van der Waals surface area (Å²) in [6.07, 6.45) is 4.06. The van der Waals surface area contributed by atoms with E-state index in [2.05, 4.69) is 14.3 Å². The number of nitrogen functional groups attached to an aromatic ring is 1. The number of aromatic nitrogens is 2. The van der Waals surface area contributed by atoms with E-state index in [0.29, 0.717) is 12.4 Å². The molecular weight excluding hydrogens is 248 g/mol. The SMILES string of the molecule is Nc1nsc(N2CCC(O)C2)c1-c1cccnc1. The average molecular weight is 262 g/mol. The summed E-state index contributed by atoms with van der Waals surface area (Å²) < 4.78 is 4.23. The summed E-state index contributed by atoms with van der Waals surface area (Å²) in [6.45, 7) is 1.49. The maximum atomic E-state index is 9.63. The summed E-state index contributed by atoms with van der Waals surface area (Å²) in [7, 11) is 0. The predicted octanol–water partition coefficient (Wildman–Crippen LogP) is 1.36. The van der Waals surface area contributed by atoms with Crippen LogP contribution in [-0.4, -0.2) is 33.7 Å². The van der Waals surface area contributed by atoms with E-state index in [-0.39, 0.29) is 6.10 Å². The quantitative estimate of drug-likeness (QED) is 0.854. The van der Waals surface area contributed by atoms with E-state index in [4.69, 9.17) is 5.73 Å². The zero-order chi connectivity index (χ0) is 12.5. The molecule has 1 aliphatic heterocycles. The van der Waals surface area contributed by atoms with Crippen LogP contribution in [0, 0.1) is 0 Å². The van der Waals surface area contributed by atoms with Crippen LogP contribution in [0.1, 0.15) is 6.42 Å². The number of aliphatic hydroxyl groups excluding tert-OH is 1. The lowest BCUT2D eigenvalue weighted by Gasteiger charge is -2.17. The largest absolute Gasteiger partial charge is 0.391 e. The first-order chi connectivity index (χ1) is 8.75. The molecule has 0 saturated carbocycles. The number of aliphatic hydroxyl groups is 1. The highest BCUT2D eigenvalue weighted by atomic mass is 32.1. The van der Waals surface area contributed by atoms with E-state index in [9.17, 15) is 5.11 Å². The fourth-order valence-corrected chi connectivity index (χ4v) is 3.09. The van der Waals surface area contributed by atoms with E-state index in [1.165, 1.54) is 11.5 Å². The third-order valence-corrected chi connectivity index (χ3v) is 4.02. The number of hydrogen-bond acceptors (Lipinski definition) is 6. The molecule has 0 aromatic carbocycles. The Morgan fingerprint density at radius 3 is 3.06 bits per heavy atom. The number of nitrogens with two attached hydrogens (primary N) is 1. The van der Waals surface area contributed by atoms with Gasteiger partial charge in [0.2, 0.25) is 0 Å². The van der Waals surface area contributed by atoms with Gasteiger partial charge < -0.3 is 15.7 Å². The lowest BCUT2D eigenvalue weighted by Crippen LogP contribution is -2.20. The minimum Gasteiger partial charge on any atom is -0.391 e. The van der Waals surface area contributed by atoms with Crippen LogP contribution in [0.25, 0.3) is 11.1 Å². The topological polar surface area (TPSA) is 75.3 Å². The first-order valence-electron chi connectivity index (χ1n) is 5.84. The molecule has 1 saturated heterocycles. The standard InChI is InChI=1S/C12H14N4OS/c13-11-10(8-2-1-4-14-6-8)12(18-15-11)16-5-3-9(17)7-16/h1-2,4,6,9,17H,3,5,7H2,(H2,13,15). The second-order valence-corrected chi connectivity index (χ2v) is 5.13. The third kappa shape index (κ3) is 1.93. The molecular formula is C12H14N4OS. The van der Waals surface area contributed by atoms with Crippen molar-refractivity contribution in [2.75, 3.05) is 23.7 Å². The lowest BCUT2D eigenvalue weighted by molar-refractivity contribution is 0.198. The highest BCUT2D eigenvalue weighted by Gasteiger charge is 2.26. The number of pyridine rings is 1. The van der Waals surface area contributed by atoms with Crippen molar-refractivity contribution in [2.45, 2.75) is 12.5 Å². The van der Waals surface area contributed by atoms with Crippen molar-refractivity contribution in [3.05, 3.63) is 24.5 Å². The summed E-state index contributed by atoms with van der Waals surface area (Å²) >= 11 is 1.38. The number of hydrogen-bond donors (Lipinski definition) is 2. The average Bonchev–Trinajstić information content (AvgIpc) is 2.96. The van der Waals surface area contributed by atoms with Crippen LogP contribution in [0.15, 0.2) is 24.5 Å². The van der Waals surface area contributed by atoms with Crippen molar-refractivity contribution >= 4 is 22.4 Å². The van der Waals surface area contributed by atoms with E-state index >= 15 is 0 Å². The van der Waals surface area contributed by atoms with Gasteiger partial charge in [0.15, 0.2) is 0 Å². The zero-order valence-electron chi connectivity index (χ0n) is 9.78. The molecule has 3 rings (SSSR count). The van der Waals surface area contributed by atoms with Crippen LogP contribution in [-0.2, 0) is 0 Å². The normalized spacial score (nSPS) is 19.4. The van der Waals surface area contributed by atoms with E-state index in [0.717, 1.165) is 29.1 Å². The summed E-state index contributed by atoms with van der Waals surface area (Å²) in [4.78, 5) is 6.26. The second kappa shape index (κ2) is 4.55. The van der Waals surface area contributed by atoms with Gasteiger partial charge in [-0.25, -0.2) is 0 Å². The Labute approximate surface area is 109 Å². The molecule has 0 bridgehead atoms. The molecule has 94 valence electrons. The smallest absolute Gasteiger partial charge is 0.147 e. The highest BCUT2D eigenvalue weighted by Crippen LogP contribution is 2.40. The molecule has 0 aliphatic carbocycles. The van der Waals surface area contributed by atoms with Crippen molar-refractivity contribution in [3.8, 4) is 11.1 Å². The number of anilines is 2. The maximum Gasteiger partial charge on any atom is 0.147 e. The fourth-order valence-electron chi connectivity index (χ4n) is 2.22. The molecule has 1 aliphatic rings. The van der Waals surface area contributed by atoms with E-state index in [1.54, 1.807) is 12.4 Å². The van der Waals surface area contributed by atoms with Crippen LogP contribution in [0.3, 0.4) is 0 Å². The molecule has 0 amide bonds. The fraction of sp³-hybridized carbons (Fsp3) is 0.333. The van der Waals surface area contributed by atoms with Gasteiger partial charge in [-0.2, -0.15) is 4.37 Å². The maximum absolute atomic E-state index is 9.63. The Morgan fingerprint density at radius 2 is 2.39 bits per heavy atom. The van der Waals surface area contributed by atoms with Crippen molar-refractivity contribution < 1.29 is 5.11 Å². The van der Waals surface area contributed by atoms with Gasteiger partial charge in [-0.1, -0.05) is 6.07 Å². The predicted molar refractivity (Wildman–Crippen MR) is 72.6 cm³/mol. The molecule has 3 heterocycles. The van der Waals surface area contributed by atoms with Crippen molar-refractivity contribution in [3.63, 3.8) is 0 Å². The molecule has 18 heavy (non-hydrogen) atoms. The van der Waals surface area contributed by atoms with Gasteiger partial charge in [-0.3, -0.25) is 4.98 Å². The lowest BCUT2D eigenvalue weighted by atomic mass is 10.1. The minimum atomic E-state index is -0.255. The second-order valence-electron chi connectivity index (χ2n) is 4.38. The van der Waals surface area contributed by atoms with E-state index < -0.39 is 0 Å². The van der Waals surface area contributed by atoms with Gasteiger partial charge in [0, 0.05) is 31.0 Å². The van der Waals surface area contributed by atoms with Crippen LogP contribution in [0.2, 0.25) is 0 Å². The summed E-state index contributed by atoms with van der Waals surface area (Å²) in [5, 5.41) is 10.7. The number of β-amino-alcohol motifs (C(OH)–C–C–N with tert-alkyl or cyclic N) is 1. The molecule has 2 aromatic rings. The van der Waals surface area contributed by atoms with Crippen LogP contribution < -0.4 is 10.6 Å². The first-order valence-corrected chi connectivity index (χ1v) is 6.61. The third-order valence-electron chi connectivity index (χ3n) is 3.10. The van der Waals surface area contributed by atoms with E-state index in [1.807, 2.05) is 12.1 Å². The van der Waals surface area contributed by atoms with Gasteiger partial charge in [0.1, 0.15) is 10.8 Å². The van der Waals surface area contributed by atoms with Gasteiger partial charge >= 0.3 is 0 Å². The Morgan fingerprint density at radius 1 is 1.50 bits per heavy atom. The molecule has 6 heteroatoms. The van der Waals surface area contributed by atoms with Crippen molar-refractivity contribution in [1.29, 1.82) is 0 Å². The Balaban J connectivity index is 2.02. The molecule has 1 fully saturated rings. The Hall–Kier alpha value is -1.66. The monoisotopic (exact) mass is 262 g/mol. The number of nitrogens with zero attached hydrogens (tertiary/aromatic N) is 3. The van der Waals surface area contributed by atoms with Crippen molar-refractivity contribution in [2.24, 2.45) is 0 Å².